The number of hydrogen-bond acceptors (Lipinski definition) is 9. The van der Waals surface area contributed by atoms with E-state index in [0.717, 1.165) is 18.9 Å². The van der Waals surface area contributed by atoms with Gasteiger partial charge in [-0.2, -0.15) is 0 Å². The lowest BCUT2D eigenvalue weighted by molar-refractivity contribution is 0.0540. The van der Waals surface area contributed by atoms with Crippen LogP contribution >= 0.6 is 0 Å². The van der Waals surface area contributed by atoms with Crippen LogP contribution in [-0.2, 0) is 26.2 Å². The van der Waals surface area contributed by atoms with Crippen molar-refractivity contribution in [1.29, 1.82) is 0 Å². The van der Waals surface area contributed by atoms with E-state index in [2.05, 4.69) is 19.8 Å². The highest BCUT2D eigenvalue weighted by Crippen LogP contribution is 2.35. The summed E-state index contributed by atoms with van der Waals surface area (Å²) in [5.41, 5.74) is -0.220. The number of rotatable bonds is 5. The van der Waals surface area contributed by atoms with Gasteiger partial charge in [0.2, 0.25) is 5.69 Å². The Morgan fingerprint density at radius 1 is 1.14 bits per heavy atom. The zero-order chi connectivity index (χ0) is 21.5. The standard InChI is InChI=1S/C17H18N4O7S/c1-9(2)10-6-5-7-11-12(10)15(22)21(29(11,25)26)8-20-14(17(24)28-4)13(18-19-20)16(23)27-3/h5-7,9H,8H2,1-4H3. The maximum absolute atomic E-state index is 13.0. The molecule has 0 spiro atoms. The fourth-order valence-electron chi connectivity index (χ4n) is 3.03. The fraction of sp³-hybridized carbons (Fsp3) is 0.353. The molecule has 0 unspecified atom stereocenters. The van der Waals surface area contributed by atoms with Crippen molar-refractivity contribution in [3.63, 3.8) is 0 Å². The zero-order valence-electron chi connectivity index (χ0n) is 16.1. The molecule has 0 radical (unpaired) electrons. The molecule has 1 aliphatic heterocycles. The van der Waals surface area contributed by atoms with Gasteiger partial charge in [0.15, 0.2) is 5.69 Å². The van der Waals surface area contributed by atoms with Crippen LogP contribution in [0.5, 0.6) is 0 Å². The predicted molar refractivity (Wildman–Crippen MR) is 96.6 cm³/mol. The zero-order valence-corrected chi connectivity index (χ0v) is 16.9. The number of aromatic nitrogens is 3. The molecular weight excluding hydrogens is 404 g/mol. The topological polar surface area (TPSA) is 138 Å². The highest BCUT2D eigenvalue weighted by atomic mass is 32.2. The van der Waals surface area contributed by atoms with Crippen molar-refractivity contribution in [2.24, 2.45) is 0 Å². The molecule has 11 nitrogen and oxygen atoms in total. The third-order valence-corrected chi connectivity index (χ3v) is 6.20. The predicted octanol–water partition coefficient (Wildman–Crippen LogP) is 0.777. The molecule has 1 aromatic carbocycles. The number of methoxy groups -OCH3 is 2. The Kier molecular flexibility index (Phi) is 5.13. The SMILES string of the molecule is COC(=O)c1nnn(CN2C(=O)c3c(C(C)C)cccc3S2(=O)=O)c1C(=O)OC. The van der Waals surface area contributed by atoms with Gasteiger partial charge in [-0.05, 0) is 17.5 Å². The van der Waals surface area contributed by atoms with Gasteiger partial charge in [0.05, 0.1) is 19.8 Å². The summed E-state index contributed by atoms with van der Waals surface area (Å²) < 4.78 is 36.5. The maximum atomic E-state index is 13.0. The molecule has 1 amide bonds. The van der Waals surface area contributed by atoms with E-state index in [9.17, 15) is 22.8 Å². The lowest BCUT2D eigenvalue weighted by atomic mass is 9.97. The number of ether oxygens (including phenoxy) is 2. The van der Waals surface area contributed by atoms with Crippen LogP contribution in [0.4, 0.5) is 0 Å². The summed E-state index contributed by atoms with van der Waals surface area (Å²) in [6.45, 7) is 3.02. The number of benzene rings is 1. The Bertz CT molecular complexity index is 1120. The first-order chi connectivity index (χ1) is 13.6. The van der Waals surface area contributed by atoms with Crippen LogP contribution in [0.3, 0.4) is 0 Å². The average Bonchev–Trinajstić information content (AvgIpc) is 3.20. The molecule has 0 bridgehead atoms. The summed E-state index contributed by atoms with van der Waals surface area (Å²) in [5, 5.41) is 7.22. The second-order valence-electron chi connectivity index (χ2n) is 6.44. The lowest BCUT2D eigenvalue weighted by Gasteiger charge is -2.16. The molecule has 1 aromatic heterocycles. The average molecular weight is 422 g/mol. The van der Waals surface area contributed by atoms with Crippen molar-refractivity contribution in [1.82, 2.24) is 19.3 Å². The normalized spacial score (nSPS) is 14.8. The van der Waals surface area contributed by atoms with Gasteiger partial charge in [-0.15, -0.1) is 5.10 Å². The molecule has 0 saturated carbocycles. The third kappa shape index (κ3) is 3.14. The lowest BCUT2D eigenvalue weighted by Crippen LogP contribution is -2.34. The van der Waals surface area contributed by atoms with Crippen LogP contribution in [0.25, 0.3) is 0 Å². The maximum Gasteiger partial charge on any atom is 0.361 e. The van der Waals surface area contributed by atoms with Gasteiger partial charge in [-0.25, -0.2) is 27.0 Å². The molecule has 154 valence electrons. The Labute approximate surface area is 166 Å². The minimum Gasteiger partial charge on any atom is -0.464 e. The molecule has 0 N–H and O–H groups in total. The first-order valence-corrected chi connectivity index (χ1v) is 9.89. The number of esters is 2. The summed E-state index contributed by atoms with van der Waals surface area (Å²) in [5.74, 6) is -2.79. The van der Waals surface area contributed by atoms with Crippen LogP contribution in [0.2, 0.25) is 0 Å². The Balaban J connectivity index is 2.10. The summed E-state index contributed by atoms with van der Waals surface area (Å²) in [6, 6.07) is 4.59. The number of carbonyl (C=O) groups is 3. The summed E-state index contributed by atoms with van der Waals surface area (Å²) in [4.78, 5) is 36.8. The minimum atomic E-state index is -4.19. The van der Waals surface area contributed by atoms with E-state index >= 15 is 0 Å². The summed E-state index contributed by atoms with van der Waals surface area (Å²) >= 11 is 0. The van der Waals surface area contributed by atoms with Gasteiger partial charge in [0, 0.05) is 0 Å². The molecule has 12 heteroatoms. The molecule has 0 atom stereocenters. The Morgan fingerprint density at radius 3 is 2.38 bits per heavy atom. The molecular formula is C17H18N4O7S. The van der Waals surface area contributed by atoms with Crippen LogP contribution in [-0.4, -0.2) is 59.8 Å². The van der Waals surface area contributed by atoms with Gasteiger partial charge >= 0.3 is 11.9 Å². The van der Waals surface area contributed by atoms with Crippen molar-refractivity contribution in [2.45, 2.75) is 31.3 Å². The minimum absolute atomic E-state index is 0.0791. The first-order valence-electron chi connectivity index (χ1n) is 8.45. The second-order valence-corrected chi connectivity index (χ2v) is 8.28. The number of fused-ring (bicyclic) bond motifs is 1. The van der Waals surface area contributed by atoms with E-state index in [1.54, 1.807) is 12.1 Å². The van der Waals surface area contributed by atoms with E-state index in [-0.39, 0.29) is 16.4 Å². The van der Waals surface area contributed by atoms with Crippen LogP contribution in [0.15, 0.2) is 23.1 Å². The van der Waals surface area contributed by atoms with Crippen molar-refractivity contribution in [3.05, 3.63) is 40.7 Å². The number of amides is 1. The van der Waals surface area contributed by atoms with E-state index < -0.39 is 45.9 Å². The van der Waals surface area contributed by atoms with E-state index in [1.165, 1.54) is 6.07 Å². The van der Waals surface area contributed by atoms with Crippen LogP contribution in [0.1, 0.15) is 56.7 Å². The molecule has 0 saturated heterocycles. The third-order valence-electron chi connectivity index (χ3n) is 4.44. The second kappa shape index (κ2) is 7.28. The molecule has 0 aliphatic carbocycles. The molecule has 29 heavy (non-hydrogen) atoms. The van der Waals surface area contributed by atoms with Crippen molar-refractivity contribution >= 4 is 27.9 Å². The Hall–Kier alpha value is -3.28. The highest BCUT2D eigenvalue weighted by molar-refractivity contribution is 7.90. The van der Waals surface area contributed by atoms with Gasteiger partial charge < -0.3 is 9.47 Å². The van der Waals surface area contributed by atoms with E-state index in [1.807, 2.05) is 13.8 Å². The summed E-state index contributed by atoms with van der Waals surface area (Å²) in [7, 11) is -2.03. The monoisotopic (exact) mass is 422 g/mol. The van der Waals surface area contributed by atoms with Crippen LogP contribution < -0.4 is 0 Å². The number of nitrogens with zero attached hydrogens (tertiary/aromatic N) is 4. The smallest absolute Gasteiger partial charge is 0.361 e. The van der Waals surface area contributed by atoms with E-state index in [4.69, 9.17) is 0 Å². The van der Waals surface area contributed by atoms with Crippen molar-refractivity contribution in [2.75, 3.05) is 14.2 Å². The van der Waals surface area contributed by atoms with Gasteiger partial charge in [0.25, 0.3) is 15.9 Å². The quantitative estimate of drug-likeness (QED) is 0.640. The summed E-state index contributed by atoms with van der Waals surface area (Å²) in [6.07, 6.45) is 0. The first kappa shape index (κ1) is 20.5. The van der Waals surface area contributed by atoms with Crippen LogP contribution in [0, 0.1) is 0 Å². The van der Waals surface area contributed by atoms with Gasteiger partial charge in [-0.3, -0.25) is 4.79 Å². The van der Waals surface area contributed by atoms with Crippen molar-refractivity contribution < 1.29 is 32.3 Å². The number of hydrogen-bond donors (Lipinski definition) is 0. The number of sulfonamides is 1. The highest BCUT2D eigenvalue weighted by Gasteiger charge is 2.44. The van der Waals surface area contributed by atoms with E-state index in [0.29, 0.717) is 9.87 Å². The van der Waals surface area contributed by atoms with Crippen molar-refractivity contribution in [3.8, 4) is 0 Å². The largest absolute Gasteiger partial charge is 0.464 e. The molecule has 2 heterocycles. The molecule has 1 aliphatic rings. The fourth-order valence-corrected chi connectivity index (χ4v) is 4.55. The molecule has 3 rings (SSSR count). The van der Waals surface area contributed by atoms with Gasteiger partial charge in [-0.1, -0.05) is 31.2 Å². The Morgan fingerprint density at radius 2 is 1.79 bits per heavy atom. The molecule has 0 fully saturated rings. The molecule has 2 aromatic rings. The number of carbonyl (C=O) groups excluding carboxylic acids is 3. The van der Waals surface area contributed by atoms with Gasteiger partial charge in [0.1, 0.15) is 11.6 Å².